The van der Waals surface area contributed by atoms with Gasteiger partial charge in [-0.2, -0.15) is 0 Å². The molecule has 1 aromatic carbocycles. The van der Waals surface area contributed by atoms with Gasteiger partial charge in [-0.25, -0.2) is 0 Å². The van der Waals surface area contributed by atoms with Crippen LogP contribution in [0.15, 0.2) is 12.1 Å². The summed E-state index contributed by atoms with van der Waals surface area (Å²) in [5, 5.41) is 1.23. The van der Waals surface area contributed by atoms with E-state index in [0.29, 0.717) is 0 Å². The van der Waals surface area contributed by atoms with Gasteiger partial charge in [-0.15, -0.1) is 58.9 Å². The maximum atomic E-state index is 5.68. The highest BCUT2D eigenvalue weighted by molar-refractivity contribution is 7.27. The predicted octanol–water partition coefficient (Wildman–Crippen LogP) is 3.07. The molecule has 0 radical (unpaired) electrons. The van der Waals surface area contributed by atoms with Crippen molar-refractivity contribution in [3.8, 4) is 0 Å². The van der Waals surface area contributed by atoms with E-state index in [1.807, 2.05) is 19.1 Å². The van der Waals surface area contributed by atoms with Crippen LogP contribution < -0.4 is 11.0 Å². The van der Waals surface area contributed by atoms with Gasteiger partial charge in [0.2, 0.25) is 0 Å². The van der Waals surface area contributed by atoms with Crippen molar-refractivity contribution in [1.82, 2.24) is 0 Å². The minimum atomic E-state index is 0. The van der Waals surface area contributed by atoms with E-state index in [1.165, 1.54) is 16.4 Å². The number of halogens is 4. The van der Waals surface area contributed by atoms with Crippen molar-refractivity contribution in [2.75, 3.05) is 5.73 Å². The smallest absolute Gasteiger partial charge is 0.0346 e. The zero-order chi connectivity index (χ0) is 7.72. The molecule has 0 saturated carbocycles. The minimum Gasteiger partial charge on any atom is -0.399 e. The van der Waals surface area contributed by atoms with Gasteiger partial charge in [-0.3, -0.25) is 0 Å². The Kier molecular flexibility index (Phi) is 17.4. The predicted molar refractivity (Wildman–Crippen MR) is 78.7 cm³/mol. The van der Waals surface area contributed by atoms with E-state index in [9.17, 15) is 0 Å². The number of hydrogen-bond donors (Lipinski definition) is 1. The van der Waals surface area contributed by atoms with Gasteiger partial charge in [0.25, 0.3) is 0 Å². The van der Waals surface area contributed by atoms with Crippen LogP contribution in [0.5, 0.6) is 0 Å². The first-order chi connectivity index (χ1) is 4.63. The molecule has 0 spiro atoms. The van der Waals surface area contributed by atoms with Gasteiger partial charge in [-0.1, -0.05) is 6.07 Å². The van der Waals surface area contributed by atoms with Crippen LogP contribution in [0.1, 0.15) is 11.1 Å². The molecular formula is C8H16Cl4NP. The molecule has 1 aromatic rings. The molecule has 86 valence electrons. The van der Waals surface area contributed by atoms with Crippen molar-refractivity contribution in [3.05, 3.63) is 23.3 Å². The van der Waals surface area contributed by atoms with Crippen LogP contribution in [0.25, 0.3) is 0 Å². The molecule has 0 bridgehead atoms. The summed E-state index contributed by atoms with van der Waals surface area (Å²) in [6.07, 6.45) is 0. The Morgan fingerprint density at radius 1 is 0.929 bits per heavy atom. The van der Waals surface area contributed by atoms with Crippen molar-refractivity contribution in [1.29, 1.82) is 0 Å². The summed E-state index contributed by atoms with van der Waals surface area (Å²) in [6, 6.07) is 3.95. The molecule has 1 nitrogen and oxygen atoms in total. The van der Waals surface area contributed by atoms with E-state index in [2.05, 4.69) is 16.2 Å². The highest BCUT2D eigenvalue weighted by Gasteiger charge is 1.98. The molecule has 0 aliphatic heterocycles. The van der Waals surface area contributed by atoms with E-state index in [4.69, 9.17) is 5.73 Å². The number of rotatable bonds is 0. The summed E-state index contributed by atoms with van der Waals surface area (Å²) >= 11 is 0. The molecule has 14 heavy (non-hydrogen) atoms. The van der Waals surface area contributed by atoms with E-state index >= 15 is 0 Å². The fraction of sp³-hybridized carbons (Fsp3) is 0.250. The van der Waals surface area contributed by atoms with Crippen LogP contribution in [0.3, 0.4) is 0 Å². The van der Waals surface area contributed by atoms with Gasteiger partial charge in [-0.05, 0) is 36.3 Å². The fourth-order valence-electron chi connectivity index (χ4n) is 0.863. The van der Waals surface area contributed by atoms with Crippen molar-refractivity contribution >= 4 is 69.9 Å². The summed E-state index contributed by atoms with van der Waals surface area (Å²) in [6.45, 7) is 4.12. The number of nitrogen functional groups attached to an aromatic ring is 1. The monoisotopic (exact) mass is 297 g/mol. The van der Waals surface area contributed by atoms with Crippen LogP contribution in [-0.2, 0) is 0 Å². The molecule has 1 unspecified atom stereocenters. The molecule has 0 fully saturated rings. The lowest BCUT2D eigenvalue weighted by atomic mass is 10.1. The Balaban J connectivity index is -0.000000125. The lowest BCUT2D eigenvalue weighted by molar-refractivity contribution is 1.37. The average molecular weight is 299 g/mol. The quantitative estimate of drug-likeness (QED) is 0.578. The summed E-state index contributed by atoms with van der Waals surface area (Å²) in [5.74, 6) is 0. The standard InChI is InChI=1S/C8H12NP.4ClH/c1-5-6(2)8(10)4-3-7(5)9;;;;/h3-4H,9-10H2,1-2H3;4*1H. The van der Waals surface area contributed by atoms with E-state index < -0.39 is 0 Å². The highest BCUT2D eigenvalue weighted by atomic mass is 35.5. The van der Waals surface area contributed by atoms with Gasteiger partial charge in [0, 0.05) is 5.69 Å². The van der Waals surface area contributed by atoms with Gasteiger partial charge >= 0.3 is 0 Å². The Morgan fingerprint density at radius 2 is 1.36 bits per heavy atom. The van der Waals surface area contributed by atoms with Crippen molar-refractivity contribution in [3.63, 3.8) is 0 Å². The molecule has 0 heterocycles. The number of hydrogen-bond acceptors (Lipinski definition) is 1. The normalized spacial score (nSPS) is 7.07. The van der Waals surface area contributed by atoms with Crippen LogP contribution in [-0.4, -0.2) is 0 Å². The number of benzene rings is 1. The van der Waals surface area contributed by atoms with Gasteiger partial charge in [0.15, 0.2) is 0 Å². The van der Waals surface area contributed by atoms with E-state index in [0.717, 1.165) is 5.69 Å². The SMILES string of the molecule is Cc1c(N)ccc(P)c1C.Cl.Cl.Cl.Cl. The van der Waals surface area contributed by atoms with Gasteiger partial charge in [0.1, 0.15) is 0 Å². The minimum absolute atomic E-state index is 0. The molecule has 0 aliphatic rings. The summed E-state index contributed by atoms with van der Waals surface area (Å²) in [7, 11) is 2.69. The first-order valence-electron chi connectivity index (χ1n) is 3.24. The first kappa shape index (κ1) is 24.0. The lowest BCUT2D eigenvalue weighted by Gasteiger charge is -2.05. The summed E-state index contributed by atoms with van der Waals surface area (Å²) in [4.78, 5) is 0. The van der Waals surface area contributed by atoms with Crippen molar-refractivity contribution < 1.29 is 0 Å². The Morgan fingerprint density at radius 3 is 1.71 bits per heavy atom. The second-order valence-corrected chi connectivity index (χ2v) is 3.12. The van der Waals surface area contributed by atoms with E-state index in [-0.39, 0.29) is 49.6 Å². The number of anilines is 1. The van der Waals surface area contributed by atoms with Crippen molar-refractivity contribution in [2.24, 2.45) is 0 Å². The molecule has 6 heteroatoms. The first-order valence-corrected chi connectivity index (χ1v) is 3.82. The third kappa shape index (κ3) is 5.48. The molecule has 0 aromatic heterocycles. The fourth-order valence-corrected chi connectivity index (χ4v) is 1.18. The number of nitrogens with two attached hydrogens (primary N) is 1. The van der Waals surface area contributed by atoms with Crippen molar-refractivity contribution in [2.45, 2.75) is 13.8 Å². The third-order valence-electron chi connectivity index (χ3n) is 1.87. The molecule has 0 saturated heterocycles. The van der Waals surface area contributed by atoms with Gasteiger partial charge < -0.3 is 5.73 Å². The topological polar surface area (TPSA) is 26.0 Å². The summed E-state index contributed by atoms with van der Waals surface area (Å²) in [5.41, 5.74) is 9.01. The lowest BCUT2D eigenvalue weighted by Crippen LogP contribution is -2.02. The largest absolute Gasteiger partial charge is 0.399 e. The molecule has 1 atom stereocenters. The Bertz CT molecular complexity index is 241. The molecule has 0 amide bonds. The third-order valence-corrected chi connectivity index (χ3v) is 2.50. The van der Waals surface area contributed by atoms with E-state index in [1.54, 1.807) is 0 Å². The maximum Gasteiger partial charge on any atom is 0.0346 e. The summed E-state index contributed by atoms with van der Waals surface area (Å²) < 4.78 is 0. The van der Waals surface area contributed by atoms with Crippen LogP contribution >= 0.6 is 58.9 Å². The molecule has 0 aliphatic carbocycles. The second-order valence-electron chi connectivity index (χ2n) is 2.49. The second kappa shape index (κ2) is 10.1. The Hall–Kier alpha value is 0.610. The molecular weight excluding hydrogens is 283 g/mol. The van der Waals surface area contributed by atoms with Crippen LogP contribution in [0.4, 0.5) is 5.69 Å². The average Bonchev–Trinajstić information content (AvgIpc) is 1.93. The molecule has 1 rings (SSSR count). The van der Waals surface area contributed by atoms with Crippen LogP contribution in [0.2, 0.25) is 0 Å². The van der Waals surface area contributed by atoms with Gasteiger partial charge in [0.05, 0.1) is 0 Å². The Labute approximate surface area is 112 Å². The van der Waals surface area contributed by atoms with Crippen LogP contribution in [0, 0.1) is 13.8 Å². The highest BCUT2D eigenvalue weighted by Crippen LogP contribution is 2.13. The maximum absolute atomic E-state index is 5.68. The zero-order valence-electron chi connectivity index (χ0n) is 7.94. The zero-order valence-corrected chi connectivity index (χ0v) is 12.4. The molecule has 2 N–H and O–H groups in total.